The third-order valence-corrected chi connectivity index (χ3v) is 2.34. The summed E-state index contributed by atoms with van der Waals surface area (Å²) < 4.78 is 13.3. The summed E-state index contributed by atoms with van der Waals surface area (Å²) in [4.78, 5) is 10.5. The van der Waals surface area contributed by atoms with Gasteiger partial charge in [0.15, 0.2) is 0 Å². The first kappa shape index (κ1) is 11.7. The topological polar surface area (TPSA) is 63.3 Å². The number of halogens is 1. The van der Waals surface area contributed by atoms with Crippen LogP contribution in [0.1, 0.15) is 29.2 Å². The van der Waals surface area contributed by atoms with Crippen LogP contribution in [0.15, 0.2) is 12.1 Å². The van der Waals surface area contributed by atoms with Gasteiger partial charge in [-0.05, 0) is 36.6 Å². The molecule has 0 aliphatic heterocycles. The number of carboxylic acids is 1. The number of nitrogens with two attached hydrogens (primary N) is 1. The molecule has 0 heterocycles. The normalized spacial score (nSPS) is 12.5. The molecule has 0 saturated carbocycles. The number of aryl methyl sites for hydroxylation is 2. The van der Waals surface area contributed by atoms with E-state index in [1.165, 1.54) is 6.07 Å². The second-order valence-corrected chi connectivity index (χ2v) is 3.66. The van der Waals surface area contributed by atoms with Crippen LogP contribution in [0, 0.1) is 19.7 Å². The molecule has 1 unspecified atom stereocenters. The summed E-state index contributed by atoms with van der Waals surface area (Å²) in [5.41, 5.74) is 7.59. The molecule has 0 bridgehead atoms. The molecule has 0 saturated heterocycles. The summed E-state index contributed by atoms with van der Waals surface area (Å²) in [6.45, 7) is 3.46. The molecule has 0 aliphatic rings. The second kappa shape index (κ2) is 4.40. The fraction of sp³-hybridized carbons (Fsp3) is 0.364. The molecule has 0 radical (unpaired) electrons. The van der Waals surface area contributed by atoms with Crippen molar-refractivity contribution in [3.8, 4) is 0 Å². The molecule has 4 heteroatoms. The molecule has 0 amide bonds. The van der Waals surface area contributed by atoms with Gasteiger partial charge in [0.25, 0.3) is 0 Å². The van der Waals surface area contributed by atoms with Crippen LogP contribution in [0.3, 0.4) is 0 Å². The van der Waals surface area contributed by atoms with Crippen LogP contribution in [-0.4, -0.2) is 11.1 Å². The number of hydrogen-bond donors (Lipinski definition) is 2. The Morgan fingerprint density at radius 2 is 2.07 bits per heavy atom. The zero-order valence-electron chi connectivity index (χ0n) is 8.75. The maximum atomic E-state index is 13.3. The molecule has 1 atom stereocenters. The van der Waals surface area contributed by atoms with Gasteiger partial charge in [-0.1, -0.05) is 6.07 Å². The van der Waals surface area contributed by atoms with Gasteiger partial charge < -0.3 is 10.8 Å². The van der Waals surface area contributed by atoms with Crippen LogP contribution in [0.25, 0.3) is 0 Å². The predicted molar refractivity (Wildman–Crippen MR) is 55.1 cm³/mol. The Morgan fingerprint density at radius 3 is 2.60 bits per heavy atom. The van der Waals surface area contributed by atoms with E-state index in [1.807, 2.05) is 0 Å². The lowest BCUT2D eigenvalue weighted by molar-refractivity contribution is -0.137. The van der Waals surface area contributed by atoms with E-state index in [0.717, 1.165) is 5.56 Å². The first-order chi connectivity index (χ1) is 6.91. The lowest BCUT2D eigenvalue weighted by Crippen LogP contribution is -2.16. The van der Waals surface area contributed by atoms with Gasteiger partial charge in [-0.15, -0.1) is 0 Å². The standard InChI is InChI=1S/C11H14FNO2/c1-6-3-7(2)9(12)4-8(6)10(13)5-11(14)15/h3-4,10H,5,13H2,1-2H3,(H,14,15). The molecule has 0 fully saturated rings. The van der Waals surface area contributed by atoms with Gasteiger partial charge in [0.1, 0.15) is 5.82 Å². The second-order valence-electron chi connectivity index (χ2n) is 3.66. The van der Waals surface area contributed by atoms with Crippen molar-refractivity contribution in [2.75, 3.05) is 0 Å². The average Bonchev–Trinajstić information content (AvgIpc) is 2.09. The highest BCUT2D eigenvalue weighted by Crippen LogP contribution is 2.21. The predicted octanol–water partition coefficient (Wildman–Crippen LogP) is 1.92. The number of rotatable bonds is 3. The first-order valence-electron chi connectivity index (χ1n) is 4.66. The van der Waals surface area contributed by atoms with Gasteiger partial charge in [-0.2, -0.15) is 0 Å². The van der Waals surface area contributed by atoms with Gasteiger partial charge in [0.05, 0.1) is 6.42 Å². The lowest BCUT2D eigenvalue weighted by Gasteiger charge is -2.13. The number of hydrogen-bond acceptors (Lipinski definition) is 2. The number of carboxylic acid groups (broad SMARTS) is 1. The molecule has 3 N–H and O–H groups in total. The van der Waals surface area contributed by atoms with Crippen molar-refractivity contribution in [1.29, 1.82) is 0 Å². The Balaban J connectivity index is 3.03. The minimum Gasteiger partial charge on any atom is -0.481 e. The lowest BCUT2D eigenvalue weighted by atomic mass is 9.97. The minimum absolute atomic E-state index is 0.191. The third-order valence-electron chi connectivity index (χ3n) is 2.34. The quantitative estimate of drug-likeness (QED) is 0.802. The third kappa shape index (κ3) is 2.76. The van der Waals surface area contributed by atoms with Gasteiger partial charge in [-0.25, -0.2) is 4.39 Å². The van der Waals surface area contributed by atoms with Crippen molar-refractivity contribution in [3.05, 3.63) is 34.6 Å². The summed E-state index contributed by atoms with van der Waals surface area (Å²) in [6.07, 6.45) is -0.191. The molecule has 15 heavy (non-hydrogen) atoms. The maximum absolute atomic E-state index is 13.3. The Morgan fingerprint density at radius 1 is 1.47 bits per heavy atom. The van der Waals surface area contributed by atoms with Crippen molar-refractivity contribution in [2.24, 2.45) is 5.73 Å². The Labute approximate surface area is 87.7 Å². The van der Waals surface area contributed by atoms with Crippen LogP contribution >= 0.6 is 0 Å². The van der Waals surface area contributed by atoms with E-state index in [1.54, 1.807) is 19.9 Å². The fourth-order valence-corrected chi connectivity index (χ4v) is 1.54. The molecule has 1 rings (SSSR count). The highest BCUT2D eigenvalue weighted by molar-refractivity contribution is 5.68. The molecular formula is C11H14FNO2. The molecule has 0 aromatic heterocycles. The van der Waals surface area contributed by atoms with Crippen molar-refractivity contribution in [1.82, 2.24) is 0 Å². The molecule has 0 aliphatic carbocycles. The van der Waals surface area contributed by atoms with Crippen LogP contribution in [-0.2, 0) is 4.79 Å². The molecule has 3 nitrogen and oxygen atoms in total. The summed E-state index contributed by atoms with van der Waals surface area (Å²) >= 11 is 0. The zero-order chi connectivity index (χ0) is 11.6. The van der Waals surface area contributed by atoms with Crippen molar-refractivity contribution >= 4 is 5.97 Å². The monoisotopic (exact) mass is 211 g/mol. The van der Waals surface area contributed by atoms with Crippen LogP contribution < -0.4 is 5.73 Å². The Hall–Kier alpha value is -1.42. The van der Waals surface area contributed by atoms with E-state index in [2.05, 4.69) is 0 Å². The maximum Gasteiger partial charge on any atom is 0.305 e. The van der Waals surface area contributed by atoms with Gasteiger partial charge in [0, 0.05) is 6.04 Å². The molecule has 1 aromatic rings. The highest BCUT2D eigenvalue weighted by Gasteiger charge is 2.14. The number of benzene rings is 1. The Bertz CT molecular complexity index is 390. The molecule has 1 aromatic carbocycles. The van der Waals surface area contributed by atoms with Crippen molar-refractivity contribution < 1.29 is 14.3 Å². The largest absolute Gasteiger partial charge is 0.481 e. The van der Waals surface area contributed by atoms with E-state index < -0.39 is 12.0 Å². The highest BCUT2D eigenvalue weighted by atomic mass is 19.1. The van der Waals surface area contributed by atoms with Crippen molar-refractivity contribution in [2.45, 2.75) is 26.3 Å². The van der Waals surface area contributed by atoms with Crippen molar-refractivity contribution in [3.63, 3.8) is 0 Å². The van der Waals surface area contributed by atoms with Crippen LogP contribution in [0.2, 0.25) is 0 Å². The smallest absolute Gasteiger partial charge is 0.305 e. The summed E-state index contributed by atoms with van der Waals surface area (Å²) in [6, 6.07) is 2.34. The van der Waals surface area contributed by atoms with E-state index in [0.29, 0.717) is 11.1 Å². The van der Waals surface area contributed by atoms with E-state index in [-0.39, 0.29) is 12.2 Å². The fourth-order valence-electron chi connectivity index (χ4n) is 1.54. The van der Waals surface area contributed by atoms with Gasteiger partial charge in [0.2, 0.25) is 0 Å². The van der Waals surface area contributed by atoms with Crippen LogP contribution in [0.5, 0.6) is 0 Å². The van der Waals surface area contributed by atoms with E-state index in [4.69, 9.17) is 10.8 Å². The SMILES string of the molecule is Cc1cc(C)c(C(N)CC(=O)O)cc1F. The number of aliphatic carboxylic acids is 1. The van der Waals surface area contributed by atoms with Gasteiger partial charge in [-0.3, -0.25) is 4.79 Å². The summed E-state index contributed by atoms with van der Waals surface area (Å²) in [5, 5.41) is 8.59. The average molecular weight is 211 g/mol. The number of carbonyl (C=O) groups is 1. The summed E-state index contributed by atoms with van der Waals surface area (Å²) in [5.74, 6) is -1.33. The minimum atomic E-state index is -0.983. The first-order valence-corrected chi connectivity index (χ1v) is 4.66. The van der Waals surface area contributed by atoms with Gasteiger partial charge >= 0.3 is 5.97 Å². The Kier molecular flexibility index (Phi) is 3.42. The summed E-state index contributed by atoms with van der Waals surface area (Å²) in [7, 11) is 0. The van der Waals surface area contributed by atoms with E-state index in [9.17, 15) is 9.18 Å². The van der Waals surface area contributed by atoms with E-state index >= 15 is 0 Å². The zero-order valence-corrected chi connectivity index (χ0v) is 8.75. The molecule has 0 spiro atoms. The molecule has 82 valence electrons. The van der Waals surface area contributed by atoms with Crippen LogP contribution in [0.4, 0.5) is 4.39 Å². The molecular weight excluding hydrogens is 197 g/mol.